The Morgan fingerprint density at radius 2 is 1.82 bits per heavy atom. The van der Waals surface area contributed by atoms with Gasteiger partial charge in [-0.3, -0.25) is 14.5 Å². The monoisotopic (exact) mass is 414 g/mol. The third-order valence-electron chi connectivity index (χ3n) is 4.35. The summed E-state index contributed by atoms with van der Waals surface area (Å²) >= 11 is 0. The number of hydrogen-bond acceptors (Lipinski definition) is 6. The SMILES string of the molecule is COCCNCCNC(=O)CN1C(=O)NC(C)(c2ccc(OC)cc2)C1=O.Cl. The Balaban J connectivity index is 0.00000392. The van der Waals surface area contributed by atoms with Crippen LogP contribution in [-0.4, -0.2) is 69.8 Å². The molecule has 156 valence electrons. The van der Waals surface area contributed by atoms with Crippen LogP contribution in [0.1, 0.15) is 12.5 Å². The zero-order chi connectivity index (χ0) is 19.9. The van der Waals surface area contributed by atoms with E-state index in [0.717, 1.165) is 4.90 Å². The minimum Gasteiger partial charge on any atom is -0.497 e. The number of nitrogens with zero attached hydrogens (tertiary/aromatic N) is 1. The first kappa shape index (κ1) is 23.7. The largest absolute Gasteiger partial charge is 0.497 e. The van der Waals surface area contributed by atoms with Gasteiger partial charge in [-0.2, -0.15) is 0 Å². The Morgan fingerprint density at radius 1 is 1.14 bits per heavy atom. The first-order chi connectivity index (χ1) is 12.9. The molecule has 0 saturated carbocycles. The van der Waals surface area contributed by atoms with Crippen molar-refractivity contribution in [2.24, 2.45) is 0 Å². The number of imide groups is 1. The molecule has 1 atom stereocenters. The van der Waals surface area contributed by atoms with E-state index in [4.69, 9.17) is 9.47 Å². The quantitative estimate of drug-likeness (QED) is 0.373. The summed E-state index contributed by atoms with van der Waals surface area (Å²) in [5.74, 6) is -0.216. The van der Waals surface area contributed by atoms with Crippen molar-refractivity contribution < 1.29 is 23.9 Å². The lowest BCUT2D eigenvalue weighted by molar-refractivity contribution is -0.134. The van der Waals surface area contributed by atoms with E-state index in [2.05, 4.69) is 16.0 Å². The third-order valence-corrected chi connectivity index (χ3v) is 4.35. The van der Waals surface area contributed by atoms with Crippen LogP contribution in [0, 0.1) is 0 Å². The van der Waals surface area contributed by atoms with E-state index in [0.29, 0.717) is 37.6 Å². The van der Waals surface area contributed by atoms with Gasteiger partial charge < -0.3 is 25.4 Å². The first-order valence-corrected chi connectivity index (χ1v) is 8.67. The van der Waals surface area contributed by atoms with Crippen LogP contribution >= 0.6 is 12.4 Å². The van der Waals surface area contributed by atoms with Gasteiger partial charge in [-0.15, -0.1) is 12.4 Å². The summed E-state index contributed by atoms with van der Waals surface area (Å²) in [7, 11) is 3.16. The summed E-state index contributed by atoms with van der Waals surface area (Å²) in [6.45, 7) is 3.52. The fourth-order valence-corrected chi connectivity index (χ4v) is 2.75. The number of benzene rings is 1. The van der Waals surface area contributed by atoms with Crippen molar-refractivity contribution in [2.75, 3.05) is 47.0 Å². The number of urea groups is 1. The normalized spacial score (nSPS) is 18.5. The molecule has 4 amide bonds. The van der Waals surface area contributed by atoms with E-state index in [-0.39, 0.29) is 19.0 Å². The van der Waals surface area contributed by atoms with Crippen molar-refractivity contribution in [2.45, 2.75) is 12.5 Å². The predicted octanol–water partition coefficient (Wildman–Crippen LogP) is 0.236. The lowest BCUT2D eigenvalue weighted by Crippen LogP contribution is -2.44. The number of halogens is 1. The highest BCUT2D eigenvalue weighted by molar-refractivity contribution is 6.09. The molecule has 1 aromatic carbocycles. The molecule has 0 radical (unpaired) electrons. The van der Waals surface area contributed by atoms with Gasteiger partial charge >= 0.3 is 6.03 Å². The van der Waals surface area contributed by atoms with E-state index < -0.39 is 23.4 Å². The number of methoxy groups -OCH3 is 2. The van der Waals surface area contributed by atoms with Crippen LogP contribution in [0.4, 0.5) is 4.79 Å². The van der Waals surface area contributed by atoms with Gasteiger partial charge in [0.05, 0.1) is 13.7 Å². The maximum Gasteiger partial charge on any atom is 0.325 e. The Kier molecular flexibility index (Phi) is 9.17. The van der Waals surface area contributed by atoms with Gasteiger partial charge in [-0.1, -0.05) is 12.1 Å². The molecule has 3 N–H and O–H groups in total. The number of carbonyl (C=O) groups is 3. The second-order valence-electron chi connectivity index (χ2n) is 6.27. The summed E-state index contributed by atoms with van der Waals surface area (Å²) in [6, 6.07) is 6.27. The Labute approximate surface area is 170 Å². The summed E-state index contributed by atoms with van der Waals surface area (Å²) < 4.78 is 10.0. The molecule has 1 aromatic rings. The van der Waals surface area contributed by atoms with Crippen LogP contribution < -0.4 is 20.7 Å². The second kappa shape index (κ2) is 10.8. The van der Waals surface area contributed by atoms with Gasteiger partial charge in [0.1, 0.15) is 17.8 Å². The van der Waals surface area contributed by atoms with Crippen molar-refractivity contribution >= 4 is 30.3 Å². The van der Waals surface area contributed by atoms with Crippen molar-refractivity contribution in [3.63, 3.8) is 0 Å². The smallest absolute Gasteiger partial charge is 0.325 e. The molecule has 1 unspecified atom stereocenters. The minimum absolute atomic E-state index is 0. The van der Waals surface area contributed by atoms with Crippen molar-refractivity contribution in [3.8, 4) is 5.75 Å². The molecule has 0 spiro atoms. The molecule has 0 bridgehead atoms. The zero-order valence-corrected chi connectivity index (χ0v) is 17.1. The van der Waals surface area contributed by atoms with Crippen molar-refractivity contribution in [1.29, 1.82) is 0 Å². The summed E-state index contributed by atoms with van der Waals surface area (Å²) in [4.78, 5) is 38.0. The second-order valence-corrected chi connectivity index (χ2v) is 6.27. The molecule has 9 nitrogen and oxygen atoms in total. The maximum atomic E-state index is 12.8. The highest BCUT2D eigenvalue weighted by Crippen LogP contribution is 2.29. The molecule has 1 heterocycles. The summed E-state index contributed by atoms with van der Waals surface area (Å²) in [6.07, 6.45) is 0. The average Bonchev–Trinajstić information content (AvgIpc) is 2.88. The van der Waals surface area contributed by atoms with Crippen LogP contribution in [0.25, 0.3) is 0 Å². The third kappa shape index (κ3) is 5.57. The van der Waals surface area contributed by atoms with Crippen LogP contribution in [-0.2, 0) is 19.9 Å². The minimum atomic E-state index is -1.22. The van der Waals surface area contributed by atoms with Crippen LogP contribution in [0.15, 0.2) is 24.3 Å². The molecule has 2 rings (SSSR count). The van der Waals surface area contributed by atoms with E-state index in [9.17, 15) is 14.4 Å². The number of amides is 4. The molecule has 0 aromatic heterocycles. The molecule has 10 heteroatoms. The summed E-state index contributed by atoms with van der Waals surface area (Å²) in [5, 5.41) is 8.43. The van der Waals surface area contributed by atoms with E-state index in [1.165, 1.54) is 0 Å². The number of rotatable bonds is 10. The lowest BCUT2D eigenvalue weighted by atomic mass is 9.92. The number of nitrogens with one attached hydrogen (secondary N) is 3. The molecule has 1 aliphatic heterocycles. The maximum absolute atomic E-state index is 12.8. The highest BCUT2D eigenvalue weighted by Gasteiger charge is 2.49. The van der Waals surface area contributed by atoms with Gasteiger partial charge in [0.15, 0.2) is 0 Å². The molecule has 1 aliphatic rings. The lowest BCUT2D eigenvalue weighted by Gasteiger charge is -2.22. The fraction of sp³-hybridized carbons (Fsp3) is 0.500. The van der Waals surface area contributed by atoms with Crippen molar-refractivity contribution in [1.82, 2.24) is 20.9 Å². The Morgan fingerprint density at radius 3 is 2.43 bits per heavy atom. The van der Waals surface area contributed by atoms with E-state index in [1.54, 1.807) is 45.4 Å². The molecular formula is C18H27ClN4O5. The van der Waals surface area contributed by atoms with Gasteiger partial charge in [0.25, 0.3) is 5.91 Å². The number of carbonyl (C=O) groups excluding carboxylic acids is 3. The van der Waals surface area contributed by atoms with Gasteiger partial charge in [-0.05, 0) is 24.6 Å². The number of ether oxygens (including phenoxy) is 2. The summed E-state index contributed by atoms with van der Waals surface area (Å²) in [5.41, 5.74) is -0.599. The van der Waals surface area contributed by atoms with Gasteiger partial charge in [-0.25, -0.2) is 4.79 Å². The van der Waals surface area contributed by atoms with E-state index >= 15 is 0 Å². The van der Waals surface area contributed by atoms with Gasteiger partial charge in [0.2, 0.25) is 5.91 Å². The highest BCUT2D eigenvalue weighted by atomic mass is 35.5. The molecule has 28 heavy (non-hydrogen) atoms. The van der Waals surface area contributed by atoms with Crippen LogP contribution in [0.3, 0.4) is 0 Å². The Bertz CT molecular complexity index is 685. The fourth-order valence-electron chi connectivity index (χ4n) is 2.75. The molecule has 1 saturated heterocycles. The van der Waals surface area contributed by atoms with Gasteiger partial charge in [0, 0.05) is 26.7 Å². The number of hydrogen-bond donors (Lipinski definition) is 3. The molecule has 0 aliphatic carbocycles. The topological polar surface area (TPSA) is 109 Å². The van der Waals surface area contributed by atoms with E-state index in [1.807, 2.05) is 0 Å². The standard InChI is InChI=1S/C18H26N4O5.ClH/c1-18(13-4-6-14(27-3)7-5-13)16(24)22(17(25)21-18)12-15(23)20-9-8-19-10-11-26-2;/h4-7,19H,8-12H2,1-3H3,(H,20,23)(H,21,25);1H. The predicted molar refractivity (Wildman–Crippen MR) is 106 cm³/mol. The molecule has 1 fully saturated rings. The Hall–Kier alpha value is -2.36. The average molecular weight is 415 g/mol. The molecular weight excluding hydrogens is 388 g/mol. The first-order valence-electron chi connectivity index (χ1n) is 8.67. The zero-order valence-electron chi connectivity index (χ0n) is 16.2. The van der Waals surface area contributed by atoms with Crippen LogP contribution in [0.2, 0.25) is 0 Å². The van der Waals surface area contributed by atoms with Crippen LogP contribution in [0.5, 0.6) is 5.75 Å². The van der Waals surface area contributed by atoms with Crippen molar-refractivity contribution in [3.05, 3.63) is 29.8 Å².